The topological polar surface area (TPSA) is 87.5 Å². The second-order valence-corrected chi connectivity index (χ2v) is 5.86. The molecule has 0 fully saturated rings. The molecular weight excluding hydrogens is 284 g/mol. The maximum Gasteiger partial charge on any atom is 0.317 e. The number of nitrogens with zero attached hydrogens (tertiary/aromatic N) is 3. The molecule has 1 rings (SSSR count). The van der Waals surface area contributed by atoms with E-state index in [9.17, 15) is 9.59 Å². The first kappa shape index (κ1) is 18.0. The predicted octanol–water partition coefficient (Wildman–Crippen LogP) is 1.93. The fourth-order valence-corrected chi connectivity index (χ4v) is 2.32. The summed E-state index contributed by atoms with van der Waals surface area (Å²) in [5.41, 5.74) is 0. The Hall–Kier alpha value is -2.05. The largest absolute Gasteiger partial charge is 0.481 e. The van der Waals surface area contributed by atoms with E-state index in [0.29, 0.717) is 18.9 Å². The molecule has 22 heavy (non-hydrogen) atoms. The molecule has 0 radical (unpaired) electrons. The normalized spacial score (nSPS) is 12.2. The average molecular weight is 310 g/mol. The molecule has 1 heterocycles. The minimum Gasteiger partial charge on any atom is -0.481 e. The zero-order valence-corrected chi connectivity index (χ0v) is 13.7. The lowest BCUT2D eigenvalue weighted by Crippen LogP contribution is -2.44. The van der Waals surface area contributed by atoms with Gasteiger partial charge in [0, 0.05) is 32.0 Å². The SMILES string of the molecule is CCn1ccnc1CN(C)C(=O)N[C@H](CC(=O)O)CC(C)C. The van der Waals surface area contributed by atoms with E-state index in [1.165, 1.54) is 4.90 Å². The predicted molar refractivity (Wildman–Crippen MR) is 83.4 cm³/mol. The molecule has 0 aliphatic carbocycles. The van der Waals surface area contributed by atoms with Gasteiger partial charge in [0.15, 0.2) is 0 Å². The molecule has 2 N–H and O–H groups in total. The van der Waals surface area contributed by atoms with Crippen LogP contribution in [0.4, 0.5) is 4.79 Å². The average Bonchev–Trinajstić information content (AvgIpc) is 2.84. The highest BCUT2D eigenvalue weighted by atomic mass is 16.4. The summed E-state index contributed by atoms with van der Waals surface area (Å²) in [5, 5.41) is 11.7. The van der Waals surface area contributed by atoms with Crippen LogP contribution in [-0.4, -0.2) is 44.6 Å². The van der Waals surface area contributed by atoms with Crippen molar-refractivity contribution in [2.75, 3.05) is 7.05 Å². The van der Waals surface area contributed by atoms with Crippen molar-refractivity contribution in [3.05, 3.63) is 18.2 Å². The van der Waals surface area contributed by atoms with E-state index >= 15 is 0 Å². The number of imidazole rings is 1. The number of hydrogen-bond donors (Lipinski definition) is 2. The van der Waals surface area contributed by atoms with Gasteiger partial charge in [-0.2, -0.15) is 0 Å². The third kappa shape index (κ3) is 5.75. The first-order valence-corrected chi connectivity index (χ1v) is 7.56. The number of nitrogens with one attached hydrogen (secondary N) is 1. The van der Waals surface area contributed by atoms with Crippen LogP contribution in [-0.2, 0) is 17.9 Å². The van der Waals surface area contributed by atoms with Crippen molar-refractivity contribution in [2.24, 2.45) is 5.92 Å². The summed E-state index contributed by atoms with van der Waals surface area (Å²) in [6.45, 7) is 7.19. The highest BCUT2D eigenvalue weighted by Crippen LogP contribution is 2.09. The molecule has 7 heteroatoms. The van der Waals surface area contributed by atoms with Crippen LogP contribution in [0.25, 0.3) is 0 Å². The van der Waals surface area contributed by atoms with Gasteiger partial charge in [-0.25, -0.2) is 9.78 Å². The Labute approximate surface area is 131 Å². The van der Waals surface area contributed by atoms with Crippen LogP contribution in [0.15, 0.2) is 12.4 Å². The zero-order chi connectivity index (χ0) is 16.7. The molecule has 0 bridgehead atoms. The number of urea groups is 1. The van der Waals surface area contributed by atoms with Crippen molar-refractivity contribution in [1.29, 1.82) is 0 Å². The molecule has 0 spiro atoms. The summed E-state index contributed by atoms with van der Waals surface area (Å²) in [6.07, 6.45) is 4.14. The number of rotatable bonds is 8. The standard InChI is InChI=1S/C15H26N4O3/c1-5-19-7-6-16-13(19)10-18(4)15(22)17-12(8-11(2)3)9-14(20)21/h6-7,11-12H,5,8-10H2,1-4H3,(H,17,22)(H,20,21)/t12-/m0/s1. The van der Waals surface area contributed by atoms with Crippen molar-refractivity contribution >= 4 is 12.0 Å². The van der Waals surface area contributed by atoms with Gasteiger partial charge in [0.25, 0.3) is 0 Å². The van der Waals surface area contributed by atoms with E-state index in [-0.39, 0.29) is 18.5 Å². The summed E-state index contributed by atoms with van der Waals surface area (Å²) >= 11 is 0. The van der Waals surface area contributed by atoms with E-state index in [1.807, 2.05) is 31.5 Å². The van der Waals surface area contributed by atoms with Gasteiger partial charge in [0.2, 0.25) is 0 Å². The number of aliphatic carboxylic acids is 1. The Morgan fingerprint density at radius 2 is 2.14 bits per heavy atom. The molecule has 7 nitrogen and oxygen atoms in total. The summed E-state index contributed by atoms with van der Waals surface area (Å²) in [7, 11) is 1.68. The van der Waals surface area contributed by atoms with Crippen LogP contribution in [0.1, 0.15) is 39.4 Å². The molecule has 0 unspecified atom stereocenters. The van der Waals surface area contributed by atoms with Crippen molar-refractivity contribution in [2.45, 2.75) is 52.7 Å². The van der Waals surface area contributed by atoms with Gasteiger partial charge in [0.1, 0.15) is 5.82 Å². The Balaban J connectivity index is 2.62. The van der Waals surface area contributed by atoms with Crippen molar-refractivity contribution in [3.8, 4) is 0 Å². The molecule has 1 aromatic heterocycles. The Bertz CT molecular complexity index is 499. The number of carbonyl (C=O) groups is 2. The highest BCUT2D eigenvalue weighted by Gasteiger charge is 2.20. The fourth-order valence-electron chi connectivity index (χ4n) is 2.32. The third-order valence-electron chi connectivity index (χ3n) is 3.37. The van der Waals surface area contributed by atoms with Crippen LogP contribution in [0.5, 0.6) is 0 Å². The van der Waals surface area contributed by atoms with E-state index < -0.39 is 5.97 Å². The molecule has 1 aromatic rings. The third-order valence-corrected chi connectivity index (χ3v) is 3.37. The minimum atomic E-state index is -0.907. The molecule has 0 aliphatic rings. The van der Waals surface area contributed by atoms with E-state index in [4.69, 9.17) is 5.11 Å². The monoisotopic (exact) mass is 310 g/mol. The Kier molecular flexibility index (Phi) is 6.88. The van der Waals surface area contributed by atoms with Crippen LogP contribution < -0.4 is 5.32 Å². The van der Waals surface area contributed by atoms with Crippen molar-refractivity contribution in [3.63, 3.8) is 0 Å². The van der Waals surface area contributed by atoms with Gasteiger partial charge in [-0.1, -0.05) is 13.8 Å². The Morgan fingerprint density at radius 1 is 1.45 bits per heavy atom. The second kappa shape index (κ2) is 8.41. The summed E-state index contributed by atoms with van der Waals surface area (Å²) in [5.74, 6) is 0.211. The minimum absolute atomic E-state index is 0.0681. The first-order chi connectivity index (χ1) is 10.3. The fraction of sp³-hybridized carbons (Fsp3) is 0.667. The number of carbonyl (C=O) groups excluding carboxylic acids is 1. The van der Waals surface area contributed by atoms with Crippen molar-refractivity contribution in [1.82, 2.24) is 19.8 Å². The maximum atomic E-state index is 12.2. The smallest absolute Gasteiger partial charge is 0.317 e. The summed E-state index contributed by atoms with van der Waals surface area (Å²) in [4.78, 5) is 28.9. The molecule has 2 amide bonds. The number of aryl methyl sites for hydroxylation is 1. The number of aromatic nitrogens is 2. The van der Waals surface area contributed by atoms with Gasteiger partial charge in [-0.3, -0.25) is 4.79 Å². The van der Waals surface area contributed by atoms with Gasteiger partial charge in [0.05, 0.1) is 13.0 Å². The van der Waals surface area contributed by atoms with E-state index in [0.717, 1.165) is 12.4 Å². The van der Waals surface area contributed by atoms with E-state index in [2.05, 4.69) is 10.3 Å². The number of hydrogen-bond acceptors (Lipinski definition) is 3. The van der Waals surface area contributed by atoms with Crippen LogP contribution in [0.3, 0.4) is 0 Å². The van der Waals surface area contributed by atoms with E-state index in [1.54, 1.807) is 13.2 Å². The molecule has 1 atom stereocenters. The molecule has 0 saturated heterocycles. The number of carboxylic acids is 1. The lowest BCUT2D eigenvalue weighted by Gasteiger charge is -2.24. The van der Waals surface area contributed by atoms with Crippen LogP contribution >= 0.6 is 0 Å². The summed E-state index contributed by atoms with van der Waals surface area (Å²) < 4.78 is 1.96. The molecule has 0 aromatic carbocycles. The van der Waals surface area contributed by atoms with Gasteiger partial charge >= 0.3 is 12.0 Å². The van der Waals surface area contributed by atoms with Gasteiger partial charge in [-0.15, -0.1) is 0 Å². The zero-order valence-electron chi connectivity index (χ0n) is 13.7. The molecule has 124 valence electrons. The maximum absolute atomic E-state index is 12.2. The van der Waals surface area contributed by atoms with Crippen LogP contribution in [0.2, 0.25) is 0 Å². The van der Waals surface area contributed by atoms with Gasteiger partial charge in [-0.05, 0) is 19.3 Å². The van der Waals surface area contributed by atoms with Gasteiger partial charge < -0.3 is 19.9 Å². The lowest BCUT2D eigenvalue weighted by molar-refractivity contribution is -0.137. The molecule has 0 aliphatic heterocycles. The molecular formula is C15H26N4O3. The number of amides is 2. The lowest BCUT2D eigenvalue weighted by atomic mass is 10.0. The summed E-state index contributed by atoms with van der Waals surface area (Å²) in [6, 6.07) is -0.643. The quantitative estimate of drug-likeness (QED) is 0.768. The Morgan fingerprint density at radius 3 is 2.68 bits per heavy atom. The van der Waals surface area contributed by atoms with Crippen molar-refractivity contribution < 1.29 is 14.7 Å². The second-order valence-electron chi connectivity index (χ2n) is 5.86. The van der Waals surface area contributed by atoms with Crippen LogP contribution in [0, 0.1) is 5.92 Å². The first-order valence-electron chi connectivity index (χ1n) is 7.56. The number of carboxylic acid groups (broad SMARTS) is 1. The molecule has 0 saturated carbocycles. The highest BCUT2D eigenvalue weighted by molar-refractivity contribution is 5.75.